The average molecular weight is 286 g/mol. The molecule has 0 radical (unpaired) electrons. The molecule has 0 spiro atoms. The first-order valence-electron chi connectivity index (χ1n) is 6.46. The number of ketones is 1. The summed E-state index contributed by atoms with van der Waals surface area (Å²) in [5, 5.41) is 20.1. The van der Waals surface area contributed by atoms with E-state index in [1.54, 1.807) is 30.3 Å². The largest absolute Gasteiger partial charge is 0.507 e. The highest BCUT2D eigenvalue weighted by molar-refractivity contribution is 5.92. The van der Waals surface area contributed by atoms with Gasteiger partial charge < -0.3 is 19.7 Å². The van der Waals surface area contributed by atoms with E-state index in [4.69, 9.17) is 9.47 Å². The number of aliphatic hydroxyl groups is 1. The van der Waals surface area contributed by atoms with Crippen LogP contribution in [0, 0.1) is 0 Å². The number of carbonyl (C=O) groups is 1. The minimum Gasteiger partial charge on any atom is -0.507 e. The van der Waals surface area contributed by atoms with Gasteiger partial charge in [-0.3, -0.25) is 4.79 Å². The van der Waals surface area contributed by atoms with Crippen molar-refractivity contribution in [3.63, 3.8) is 0 Å². The molecule has 3 rings (SSSR count). The van der Waals surface area contributed by atoms with Crippen LogP contribution in [0.15, 0.2) is 42.5 Å². The Morgan fingerprint density at radius 2 is 1.90 bits per heavy atom. The van der Waals surface area contributed by atoms with Gasteiger partial charge in [-0.1, -0.05) is 30.3 Å². The second-order valence-electron chi connectivity index (χ2n) is 4.77. The van der Waals surface area contributed by atoms with Gasteiger partial charge in [0, 0.05) is 12.1 Å². The zero-order valence-electron chi connectivity index (χ0n) is 11.3. The predicted molar refractivity (Wildman–Crippen MR) is 74.4 cm³/mol. The molecular weight excluding hydrogens is 272 g/mol. The van der Waals surface area contributed by atoms with E-state index in [1.165, 1.54) is 13.2 Å². The molecule has 2 aromatic rings. The molecule has 0 saturated heterocycles. The summed E-state index contributed by atoms with van der Waals surface area (Å²) in [5.74, 6) is -0.0988. The van der Waals surface area contributed by atoms with E-state index in [-0.39, 0.29) is 17.1 Å². The van der Waals surface area contributed by atoms with Gasteiger partial charge in [0.1, 0.15) is 23.4 Å². The SMILES string of the molecule is COc1cc(O)c2c(c1)O[C@H](c1ccccc1)C(=O)[C@H]2O. The van der Waals surface area contributed by atoms with Crippen molar-refractivity contribution in [1.29, 1.82) is 0 Å². The van der Waals surface area contributed by atoms with Crippen molar-refractivity contribution in [3.05, 3.63) is 53.6 Å². The Labute approximate surface area is 121 Å². The number of rotatable bonds is 2. The smallest absolute Gasteiger partial charge is 0.211 e. The van der Waals surface area contributed by atoms with E-state index >= 15 is 0 Å². The van der Waals surface area contributed by atoms with Gasteiger partial charge in [-0.25, -0.2) is 0 Å². The standard InChI is InChI=1S/C16H14O5/c1-20-10-7-11(17)13-12(8-10)21-16(15(19)14(13)18)9-5-3-2-4-6-9/h2-8,14,16-18H,1H3/t14-,16+/m0/s1. The van der Waals surface area contributed by atoms with Crippen molar-refractivity contribution in [2.75, 3.05) is 7.11 Å². The van der Waals surface area contributed by atoms with Crippen LogP contribution in [0.5, 0.6) is 17.2 Å². The summed E-state index contributed by atoms with van der Waals surface area (Å²) in [6, 6.07) is 11.8. The predicted octanol–water partition coefficient (Wildman–Crippen LogP) is 2.14. The molecule has 0 fully saturated rings. The van der Waals surface area contributed by atoms with Crippen LogP contribution in [-0.2, 0) is 4.79 Å². The zero-order valence-corrected chi connectivity index (χ0v) is 11.3. The first-order chi connectivity index (χ1) is 10.1. The molecule has 0 bridgehead atoms. The van der Waals surface area contributed by atoms with Crippen LogP contribution < -0.4 is 9.47 Å². The Morgan fingerprint density at radius 3 is 2.57 bits per heavy atom. The lowest BCUT2D eigenvalue weighted by atomic mass is 9.93. The number of fused-ring (bicyclic) bond motifs is 1. The van der Waals surface area contributed by atoms with Crippen molar-refractivity contribution in [1.82, 2.24) is 0 Å². The summed E-state index contributed by atoms with van der Waals surface area (Å²) in [7, 11) is 1.46. The van der Waals surface area contributed by atoms with Gasteiger partial charge in [0.15, 0.2) is 6.10 Å². The lowest BCUT2D eigenvalue weighted by molar-refractivity contribution is -0.137. The van der Waals surface area contributed by atoms with E-state index in [9.17, 15) is 15.0 Å². The Bertz CT molecular complexity index is 681. The molecule has 1 aliphatic rings. The third-order valence-electron chi connectivity index (χ3n) is 3.48. The van der Waals surface area contributed by atoms with Gasteiger partial charge in [-0.15, -0.1) is 0 Å². The Hall–Kier alpha value is -2.53. The summed E-state index contributed by atoms with van der Waals surface area (Å²) in [5.41, 5.74) is 0.725. The van der Waals surface area contributed by atoms with Crippen molar-refractivity contribution >= 4 is 5.78 Å². The summed E-state index contributed by atoms with van der Waals surface area (Å²) in [4.78, 5) is 12.3. The Balaban J connectivity index is 2.08. The highest BCUT2D eigenvalue weighted by atomic mass is 16.5. The Morgan fingerprint density at radius 1 is 1.19 bits per heavy atom. The lowest BCUT2D eigenvalue weighted by Crippen LogP contribution is -2.30. The molecule has 1 aliphatic heterocycles. The number of carbonyl (C=O) groups excluding carboxylic acids is 1. The van der Waals surface area contributed by atoms with Crippen LogP contribution in [0.4, 0.5) is 0 Å². The fraction of sp³-hybridized carbons (Fsp3) is 0.188. The summed E-state index contributed by atoms with van der Waals surface area (Å²) in [6.45, 7) is 0. The number of hydrogen-bond donors (Lipinski definition) is 2. The number of ether oxygens (including phenoxy) is 2. The number of methoxy groups -OCH3 is 1. The van der Waals surface area contributed by atoms with Crippen LogP contribution >= 0.6 is 0 Å². The van der Waals surface area contributed by atoms with E-state index < -0.39 is 18.0 Å². The maximum absolute atomic E-state index is 12.3. The fourth-order valence-electron chi connectivity index (χ4n) is 2.41. The number of phenolic OH excluding ortho intramolecular Hbond substituents is 1. The topological polar surface area (TPSA) is 76.0 Å². The van der Waals surface area contributed by atoms with Crippen LogP contribution in [-0.4, -0.2) is 23.1 Å². The van der Waals surface area contributed by atoms with Crippen LogP contribution in [0.1, 0.15) is 23.3 Å². The number of aromatic hydroxyl groups is 1. The van der Waals surface area contributed by atoms with E-state index in [1.807, 2.05) is 6.07 Å². The van der Waals surface area contributed by atoms with Crippen molar-refractivity contribution in [2.24, 2.45) is 0 Å². The molecule has 0 unspecified atom stereocenters. The molecule has 0 saturated carbocycles. The molecule has 108 valence electrons. The molecular formula is C16H14O5. The van der Waals surface area contributed by atoms with Gasteiger partial charge in [-0.05, 0) is 5.56 Å². The number of Topliss-reactive ketones (excluding diaryl/α,β-unsaturated/α-hetero) is 1. The first kappa shape index (κ1) is 13.5. The summed E-state index contributed by atoms with van der Waals surface area (Å²) < 4.78 is 10.7. The fourth-order valence-corrected chi connectivity index (χ4v) is 2.41. The molecule has 5 heteroatoms. The van der Waals surface area contributed by atoms with Gasteiger partial charge >= 0.3 is 0 Å². The first-order valence-corrected chi connectivity index (χ1v) is 6.46. The van der Waals surface area contributed by atoms with Gasteiger partial charge in [0.25, 0.3) is 0 Å². The molecule has 1 heterocycles. The molecule has 2 aromatic carbocycles. The second kappa shape index (κ2) is 5.10. The third kappa shape index (κ3) is 2.21. The van der Waals surface area contributed by atoms with Gasteiger partial charge in [0.05, 0.1) is 12.7 Å². The van der Waals surface area contributed by atoms with Crippen molar-refractivity contribution in [3.8, 4) is 17.2 Å². The highest BCUT2D eigenvalue weighted by Gasteiger charge is 2.38. The molecule has 2 N–H and O–H groups in total. The quantitative estimate of drug-likeness (QED) is 0.884. The molecule has 2 atom stereocenters. The Kier molecular flexibility index (Phi) is 3.27. The van der Waals surface area contributed by atoms with Crippen LogP contribution in [0.25, 0.3) is 0 Å². The van der Waals surface area contributed by atoms with E-state index in [0.29, 0.717) is 11.3 Å². The minimum atomic E-state index is -1.43. The van der Waals surface area contributed by atoms with E-state index in [0.717, 1.165) is 0 Å². The zero-order chi connectivity index (χ0) is 15.0. The number of hydrogen-bond acceptors (Lipinski definition) is 5. The number of phenols is 1. The van der Waals surface area contributed by atoms with Crippen LogP contribution in [0.2, 0.25) is 0 Å². The minimum absolute atomic E-state index is 0.0768. The normalized spacial score (nSPS) is 20.6. The molecule has 0 aromatic heterocycles. The lowest BCUT2D eigenvalue weighted by Gasteiger charge is -2.29. The third-order valence-corrected chi connectivity index (χ3v) is 3.48. The average Bonchev–Trinajstić information content (AvgIpc) is 2.51. The van der Waals surface area contributed by atoms with E-state index in [2.05, 4.69) is 0 Å². The molecule has 0 amide bonds. The highest BCUT2D eigenvalue weighted by Crippen LogP contribution is 2.45. The second-order valence-corrected chi connectivity index (χ2v) is 4.77. The maximum atomic E-state index is 12.3. The molecule has 5 nitrogen and oxygen atoms in total. The summed E-state index contributed by atoms with van der Waals surface area (Å²) >= 11 is 0. The van der Waals surface area contributed by atoms with Crippen molar-refractivity contribution < 1.29 is 24.5 Å². The summed E-state index contributed by atoms with van der Waals surface area (Å²) in [6.07, 6.45) is -2.33. The van der Waals surface area contributed by atoms with Crippen LogP contribution in [0.3, 0.4) is 0 Å². The number of aliphatic hydroxyl groups excluding tert-OH is 1. The van der Waals surface area contributed by atoms with Gasteiger partial charge in [-0.2, -0.15) is 0 Å². The molecule has 21 heavy (non-hydrogen) atoms. The van der Waals surface area contributed by atoms with Gasteiger partial charge in [0.2, 0.25) is 5.78 Å². The molecule has 0 aliphatic carbocycles. The monoisotopic (exact) mass is 286 g/mol. The number of benzene rings is 2. The van der Waals surface area contributed by atoms with Crippen molar-refractivity contribution in [2.45, 2.75) is 12.2 Å². The maximum Gasteiger partial charge on any atom is 0.211 e.